The zero-order valence-electron chi connectivity index (χ0n) is 5.20. The minimum absolute atomic E-state index is 0.140. The fraction of sp³-hybridized carbons (Fsp3) is 0. The van der Waals surface area contributed by atoms with Crippen LogP contribution in [0.25, 0.3) is 0 Å². The van der Waals surface area contributed by atoms with Gasteiger partial charge >= 0.3 is 0 Å². The summed E-state index contributed by atoms with van der Waals surface area (Å²) in [4.78, 5) is 11.9. The van der Waals surface area contributed by atoms with Gasteiger partial charge in [0, 0.05) is 4.90 Å². The highest BCUT2D eigenvalue weighted by Gasteiger charge is 2.18. The lowest BCUT2D eigenvalue weighted by molar-refractivity contribution is -0.107. The predicted octanol–water partition coefficient (Wildman–Crippen LogP) is 1.87. The maximum atomic E-state index is 10.8. The van der Waals surface area contributed by atoms with Crippen molar-refractivity contribution in [3.63, 3.8) is 0 Å². The molecule has 0 saturated heterocycles. The van der Waals surface area contributed by atoms with Gasteiger partial charge in [0.25, 0.3) is 0 Å². The molecule has 0 aromatic heterocycles. The molecule has 1 aromatic rings. The highest BCUT2D eigenvalue weighted by Crippen LogP contribution is 2.32. The van der Waals surface area contributed by atoms with Gasteiger partial charge in [-0.2, -0.15) is 0 Å². The van der Waals surface area contributed by atoms with Crippen LogP contribution in [0.4, 0.5) is 0 Å². The molecular weight excluding hydrogens is 144 g/mol. The second-order valence-corrected chi connectivity index (χ2v) is 3.15. The summed E-state index contributed by atoms with van der Waals surface area (Å²) in [5.41, 5.74) is 1.05. The maximum absolute atomic E-state index is 10.8. The van der Waals surface area contributed by atoms with Crippen molar-refractivity contribution in [2.75, 3.05) is 0 Å². The summed E-state index contributed by atoms with van der Waals surface area (Å²) >= 11 is 1.30. The fourth-order valence-corrected chi connectivity index (χ4v) is 1.75. The first-order valence-electron chi connectivity index (χ1n) is 3.02. The van der Waals surface area contributed by atoms with Crippen LogP contribution in [0.5, 0.6) is 0 Å². The third-order valence-corrected chi connectivity index (χ3v) is 2.31. The van der Waals surface area contributed by atoms with Gasteiger partial charge in [0.1, 0.15) is 0 Å². The molecule has 0 fully saturated rings. The van der Waals surface area contributed by atoms with Crippen LogP contribution in [0.2, 0.25) is 0 Å². The van der Waals surface area contributed by atoms with Crippen molar-refractivity contribution in [2.45, 2.75) is 4.90 Å². The van der Waals surface area contributed by atoms with Gasteiger partial charge in [-0.3, -0.25) is 4.79 Å². The summed E-state index contributed by atoms with van der Waals surface area (Å²) in [6.07, 6.45) is 1.67. The average Bonchev–Trinajstić information content (AvgIpc) is 2.27. The molecule has 1 radical (unpaired) electrons. The molecule has 0 saturated carbocycles. The standard InChI is InChI=1S/C8H5OS/c9-8-5-6-3-1-2-4-7(6)10-8/h1-5H. The van der Waals surface area contributed by atoms with Crippen LogP contribution in [-0.4, -0.2) is 5.12 Å². The molecule has 2 heteroatoms. The fourth-order valence-electron chi connectivity index (χ4n) is 0.958. The monoisotopic (exact) mass is 149 g/mol. The van der Waals surface area contributed by atoms with Crippen LogP contribution in [-0.2, 0) is 4.79 Å². The van der Waals surface area contributed by atoms with Crippen LogP contribution >= 0.6 is 11.8 Å². The molecule has 0 N–H and O–H groups in total. The third kappa shape index (κ3) is 0.847. The van der Waals surface area contributed by atoms with E-state index in [1.54, 1.807) is 6.42 Å². The molecule has 0 bridgehead atoms. The first-order chi connectivity index (χ1) is 4.86. The minimum Gasteiger partial charge on any atom is -0.286 e. The number of carbonyl (C=O) groups is 1. The predicted molar refractivity (Wildman–Crippen MR) is 40.7 cm³/mol. The molecule has 2 rings (SSSR count). The summed E-state index contributed by atoms with van der Waals surface area (Å²) in [6.45, 7) is 0. The Morgan fingerprint density at radius 2 is 2.00 bits per heavy atom. The van der Waals surface area contributed by atoms with Gasteiger partial charge in [-0.25, -0.2) is 0 Å². The van der Waals surface area contributed by atoms with Crippen LogP contribution in [0.3, 0.4) is 0 Å². The summed E-state index contributed by atoms with van der Waals surface area (Å²) in [5.74, 6) is 0. The first-order valence-corrected chi connectivity index (χ1v) is 3.83. The summed E-state index contributed by atoms with van der Waals surface area (Å²) < 4.78 is 0. The van der Waals surface area contributed by atoms with Gasteiger partial charge in [0.2, 0.25) is 5.12 Å². The SMILES string of the molecule is O=C1[CH]c2ccccc2S1. The number of rotatable bonds is 0. The van der Waals surface area contributed by atoms with Crippen LogP contribution in [0.1, 0.15) is 5.56 Å². The quantitative estimate of drug-likeness (QED) is 0.560. The van der Waals surface area contributed by atoms with Gasteiger partial charge in [-0.15, -0.1) is 0 Å². The Bertz CT molecular complexity index is 253. The van der Waals surface area contributed by atoms with E-state index in [0.717, 1.165) is 10.5 Å². The second kappa shape index (κ2) is 2.13. The lowest BCUT2D eigenvalue weighted by Gasteiger charge is -1.90. The molecule has 1 heterocycles. The van der Waals surface area contributed by atoms with Gasteiger partial charge in [0.15, 0.2) is 0 Å². The minimum atomic E-state index is 0.140. The van der Waals surface area contributed by atoms with Gasteiger partial charge in [0.05, 0.1) is 6.42 Å². The van der Waals surface area contributed by atoms with Crippen molar-refractivity contribution < 1.29 is 4.79 Å². The molecular formula is C8H5OS. The van der Waals surface area contributed by atoms with E-state index < -0.39 is 0 Å². The Morgan fingerprint density at radius 3 is 2.80 bits per heavy atom. The molecule has 1 aliphatic rings. The molecule has 49 valence electrons. The average molecular weight is 149 g/mol. The van der Waals surface area contributed by atoms with E-state index in [-0.39, 0.29) is 5.12 Å². The molecule has 0 aliphatic carbocycles. The van der Waals surface area contributed by atoms with Crippen molar-refractivity contribution in [3.8, 4) is 0 Å². The lowest BCUT2D eigenvalue weighted by atomic mass is 10.2. The number of carbonyl (C=O) groups excluding carboxylic acids is 1. The van der Waals surface area contributed by atoms with E-state index in [2.05, 4.69) is 0 Å². The van der Waals surface area contributed by atoms with Crippen molar-refractivity contribution in [1.29, 1.82) is 0 Å². The van der Waals surface area contributed by atoms with Gasteiger partial charge < -0.3 is 0 Å². The molecule has 1 aliphatic heterocycles. The Morgan fingerprint density at radius 1 is 1.20 bits per heavy atom. The Kier molecular flexibility index (Phi) is 1.27. The van der Waals surface area contributed by atoms with Crippen LogP contribution in [0, 0.1) is 6.42 Å². The summed E-state index contributed by atoms with van der Waals surface area (Å²) in [5, 5.41) is 0.140. The molecule has 1 nitrogen and oxygen atoms in total. The second-order valence-electron chi connectivity index (χ2n) is 2.10. The zero-order chi connectivity index (χ0) is 6.97. The lowest BCUT2D eigenvalue weighted by Crippen LogP contribution is -1.81. The Hall–Kier alpha value is -0.760. The largest absolute Gasteiger partial charge is 0.286 e. The molecule has 0 unspecified atom stereocenters. The van der Waals surface area contributed by atoms with E-state index in [1.165, 1.54) is 11.8 Å². The summed E-state index contributed by atoms with van der Waals surface area (Å²) in [7, 11) is 0. The summed E-state index contributed by atoms with van der Waals surface area (Å²) in [6, 6.07) is 7.79. The number of hydrogen-bond acceptors (Lipinski definition) is 2. The van der Waals surface area contributed by atoms with Crippen molar-refractivity contribution in [1.82, 2.24) is 0 Å². The van der Waals surface area contributed by atoms with E-state index in [4.69, 9.17) is 0 Å². The molecule has 0 amide bonds. The molecule has 0 atom stereocenters. The van der Waals surface area contributed by atoms with Gasteiger partial charge in [-0.05, 0) is 11.6 Å². The maximum Gasteiger partial charge on any atom is 0.202 e. The van der Waals surface area contributed by atoms with Crippen molar-refractivity contribution in [2.24, 2.45) is 0 Å². The van der Waals surface area contributed by atoms with Crippen LogP contribution in [0.15, 0.2) is 29.2 Å². The number of benzene rings is 1. The topological polar surface area (TPSA) is 17.1 Å². The van der Waals surface area contributed by atoms with E-state index >= 15 is 0 Å². The first kappa shape index (κ1) is 5.98. The molecule has 0 spiro atoms. The van der Waals surface area contributed by atoms with Crippen molar-refractivity contribution in [3.05, 3.63) is 36.2 Å². The normalized spacial score (nSPS) is 15.4. The molecule has 1 aromatic carbocycles. The Balaban J connectivity index is 2.51. The third-order valence-electron chi connectivity index (χ3n) is 1.40. The van der Waals surface area contributed by atoms with Crippen LogP contribution < -0.4 is 0 Å². The number of thioether (sulfide) groups is 1. The Labute approximate surface area is 63.4 Å². The highest BCUT2D eigenvalue weighted by atomic mass is 32.2. The van der Waals surface area contributed by atoms with E-state index in [0.29, 0.717) is 0 Å². The number of fused-ring (bicyclic) bond motifs is 1. The number of hydrogen-bond donors (Lipinski definition) is 0. The molecule has 10 heavy (non-hydrogen) atoms. The zero-order valence-corrected chi connectivity index (χ0v) is 6.02. The van der Waals surface area contributed by atoms with E-state index in [9.17, 15) is 4.79 Å². The smallest absolute Gasteiger partial charge is 0.202 e. The highest BCUT2D eigenvalue weighted by molar-refractivity contribution is 8.14. The van der Waals surface area contributed by atoms with Gasteiger partial charge in [-0.1, -0.05) is 30.0 Å². The van der Waals surface area contributed by atoms with Crippen molar-refractivity contribution >= 4 is 16.9 Å². The van der Waals surface area contributed by atoms with E-state index in [1.807, 2.05) is 24.3 Å².